The lowest BCUT2D eigenvalue weighted by Gasteiger charge is -2.15. The summed E-state index contributed by atoms with van der Waals surface area (Å²) in [6, 6.07) is 0. The van der Waals surface area contributed by atoms with Gasteiger partial charge < -0.3 is 4.74 Å². The van der Waals surface area contributed by atoms with Gasteiger partial charge in [0.2, 0.25) is 0 Å². The Morgan fingerprint density at radius 1 is 1.90 bits per heavy atom. The van der Waals surface area contributed by atoms with E-state index in [1.54, 1.807) is 6.92 Å². The highest BCUT2D eigenvalue weighted by Gasteiger charge is 2.10. The third kappa shape index (κ3) is 3.53. The maximum Gasteiger partial charge on any atom is 0.423 e. The molecule has 4 nitrogen and oxygen atoms in total. The molecule has 0 aromatic heterocycles. The quantitative estimate of drug-likeness (QED) is 0.282. The molecule has 1 unspecified atom stereocenters. The number of hydrogen-bond acceptors (Lipinski definition) is 3. The molecule has 0 radical (unpaired) electrons. The van der Waals surface area contributed by atoms with Gasteiger partial charge in [0.15, 0.2) is 0 Å². The van der Waals surface area contributed by atoms with Crippen LogP contribution in [0.15, 0.2) is 0 Å². The number of rotatable bonds is 2. The number of carbonyl (C=O) groups excluding carboxylic acids is 1. The van der Waals surface area contributed by atoms with Crippen molar-refractivity contribution in [2.45, 2.75) is 12.3 Å². The molecule has 0 saturated heterocycles. The predicted molar refractivity (Wildman–Crippen MR) is 38.6 cm³/mol. The molecule has 0 aliphatic carbocycles. The normalized spacial score (nSPS) is 12.4. The van der Waals surface area contributed by atoms with Gasteiger partial charge in [-0.25, -0.2) is 15.6 Å². The molecule has 60 valence electrons. The molecule has 0 bridgehead atoms. The highest BCUT2D eigenvalue weighted by Crippen LogP contribution is 1.95. The van der Waals surface area contributed by atoms with Crippen LogP contribution in [-0.2, 0) is 4.74 Å². The topological polar surface area (TPSA) is 55.6 Å². The monoisotopic (exact) mass is 166 g/mol. The molecule has 10 heavy (non-hydrogen) atoms. The number of alkyl halides is 1. The van der Waals surface area contributed by atoms with Gasteiger partial charge in [-0.05, 0) is 6.92 Å². The van der Waals surface area contributed by atoms with E-state index in [9.17, 15) is 4.79 Å². The van der Waals surface area contributed by atoms with E-state index < -0.39 is 6.09 Å². The summed E-state index contributed by atoms with van der Waals surface area (Å²) in [5.41, 5.74) is 0. The van der Waals surface area contributed by atoms with Gasteiger partial charge in [0, 0.05) is 0 Å². The Morgan fingerprint density at radius 3 is 2.70 bits per heavy atom. The van der Waals surface area contributed by atoms with Gasteiger partial charge in [-0.15, -0.1) is 11.6 Å². The molecule has 0 fully saturated rings. The Hall–Kier alpha value is -0.480. The lowest BCUT2D eigenvalue weighted by molar-refractivity contribution is 0.124. The highest BCUT2D eigenvalue weighted by atomic mass is 35.5. The van der Waals surface area contributed by atoms with E-state index in [1.807, 2.05) is 0 Å². The van der Waals surface area contributed by atoms with E-state index in [0.29, 0.717) is 0 Å². The standard InChI is InChI=1S/C5H11ClN2O2/c1-4(6)3-8(7)5(9)10-2/h4H,3,7H2,1-2H3. The number of carbonyl (C=O) groups is 1. The lowest BCUT2D eigenvalue weighted by atomic mass is 10.5. The Labute approximate surface area is 64.8 Å². The largest absolute Gasteiger partial charge is 0.452 e. The lowest BCUT2D eigenvalue weighted by Crippen LogP contribution is -2.40. The zero-order chi connectivity index (χ0) is 8.15. The zero-order valence-electron chi connectivity index (χ0n) is 6.00. The smallest absolute Gasteiger partial charge is 0.423 e. The van der Waals surface area contributed by atoms with Gasteiger partial charge in [-0.1, -0.05) is 0 Å². The van der Waals surface area contributed by atoms with Crippen molar-refractivity contribution in [3.8, 4) is 0 Å². The third-order valence-corrected chi connectivity index (χ3v) is 0.995. The van der Waals surface area contributed by atoms with E-state index in [-0.39, 0.29) is 11.9 Å². The van der Waals surface area contributed by atoms with E-state index in [1.165, 1.54) is 7.11 Å². The van der Waals surface area contributed by atoms with Crippen molar-refractivity contribution in [2.75, 3.05) is 13.7 Å². The Kier molecular flexibility index (Phi) is 4.14. The molecule has 0 spiro atoms. The fraction of sp³-hybridized carbons (Fsp3) is 0.800. The molecule has 0 aliphatic heterocycles. The maximum atomic E-state index is 10.6. The zero-order valence-corrected chi connectivity index (χ0v) is 6.76. The first-order valence-corrected chi connectivity index (χ1v) is 3.25. The van der Waals surface area contributed by atoms with Gasteiger partial charge in [-0.3, -0.25) is 0 Å². The summed E-state index contributed by atoms with van der Waals surface area (Å²) in [7, 11) is 1.26. The van der Waals surface area contributed by atoms with Crippen LogP contribution in [0, 0.1) is 0 Å². The summed E-state index contributed by atoms with van der Waals surface area (Å²) in [6.07, 6.45) is -0.576. The van der Waals surface area contributed by atoms with Crippen molar-refractivity contribution >= 4 is 17.7 Å². The average Bonchev–Trinajstić information content (AvgIpc) is 1.85. The summed E-state index contributed by atoms with van der Waals surface area (Å²) in [5, 5.41) is 0.765. The minimum atomic E-state index is -0.576. The molecule has 0 aromatic carbocycles. The molecular formula is C5H11ClN2O2. The molecule has 0 saturated carbocycles. The average molecular weight is 167 g/mol. The van der Waals surface area contributed by atoms with Gasteiger partial charge in [0.25, 0.3) is 0 Å². The molecule has 1 amide bonds. The molecule has 0 aliphatic rings. The molecule has 0 heterocycles. The second kappa shape index (κ2) is 4.35. The summed E-state index contributed by atoms with van der Waals surface area (Å²) in [6.45, 7) is 2.03. The fourth-order valence-corrected chi connectivity index (χ4v) is 0.612. The summed E-state index contributed by atoms with van der Waals surface area (Å²) in [5.74, 6) is 5.20. The molecule has 0 rings (SSSR count). The molecule has 1 atom stereocenters. The van der Waals surface area contributed by atoms with Crippen molar-refractivity contribution in [3.63, 3.8) is 0 Å². The van der Waals surface area contributed by atoms with Crippen LogP contribution >= 0.6 is 11.6 Å². The van der Waals surface area contributed by atoms with Gasteiger partial charge in [0.1, 0.15) is 0 Å². The van der Waals surface area contributed by atoms with E-state index in [4.69, 9.17) is 17.4 Å². The first kappa shape index (κ1) is 9.52. The predicted octanol–water partition coefficient (Wildman–Crippen LogP) is 0.556. The van der Waals surface area contributed by atoms with Crippen LogP contribution < -0.4 is 5.84 Å². The van der Waals surface area contributed by atoms with Crippen LogP contribution in [0.25, 0.3) is 0 Å². The van der Waals surface area contributed by atoms with Crippen LogP contribution in [0.4, 0.5) is 4.79 Å². The Bertz CT molecular complexity index is 118. The first-order valence-electron chi connectivity index (χ1n) is 2.82. The van der Waals surface area contributed by atoms with Crippen molar-refractivity contribution in [2.24, 2.45) is 5.84 Å². The second-order valence-corrected chi connectivity index (χ2v) is 2.65. The number of ether oxygens (including phenoxy) is 1. The third-order valence-electron chi connectivity index (χ3n) is 0.857. The van der Waals surface area contributed by atoms with Crippen LogP contribution in [-0.4, -0.2) is 30.1 Å². The highest BCUT2D eigenvalue weighted by molar-refractivity contribution is 6.20. The van der Waals surface area contributed by atoms with Crippen LogP contribution in [0.3, 0.4) is 0 Å². The second-order valence-electron chi connectivity index (χ2n) is 1.90. The number of amides is 1. The van der Waals surface area contributed by atoms with Crippen molar-refractivity contribution < 1.29 is 9.53 Å². The van der Waals surface area contributed by atoms with Gasteiger partial charge in [-0.2, -0.15) is 0 Å². The number of halogens is 1. The maximum absolute atomic E-state index is 10.6. The Morgan fingerprint density at radius 2 is 2.40 bits per heavy atom. The van der Waals surface area contributed by atoms with Crippen molar-refractivity contribution in [1.82, 2.24) is 5.01 Å². The SMILES string of the molecule is COC(=O)N(N)CC(C)Cl. The van der Waals surface area contributed by atoms with Crippen LogP contribution in [0.2, 0.25) is 0 Å². The van der Waals surface area contributed by atoms with Crippen LogP contribution in [0.1, 0.15) is 6.92 Å². The van der Waals surface area contributed by atoms with Gasteiger partial charge in [0.05, 0.1) is 19.0 Å². The van der Waals surface area contributed by atoms with E-state index in [0.717, 1.165) is 5.01 Å². The number of hydrazine groups is 1. The number of nitrogens with two attached hydrogens (primary N) is 1. The molecule has 2 N–H and O–H groups in total. The number of nitrogens with zero attached hydrogens (tertiary/aromatic N) is 1. The first-order chi connectivity index (χ1) is 4.57. The minimum Gasteiger partial charge on any atom is -0.452 e. The number of hydrogen-bond donors (Lipinski definition) is 1. The minimum absolute atomic E-state index is 0.163. The fourth-order valence-electron chi connectivity index (χ4n) is 0.463. The van der Waals surface area contributed by atoms with Crippen LogP contribution in [0.5, 0.6) is 0 Å². The summed E-state index contributed by atoms with van der Waals surface area (Å²) < 4.78 is 4.32. The molecular weight excluding hydrogens is 156 g/mol. The van der Waals surface area contributed by atoms with Crippen molar-refractivity contribution in [1.29, 1.82) is 0 Å². The molecule has 5 heteroatoms. The number of methoxy groups -OCH3 is 1. The Balaban J connectivity index is 3.61. The van der Waals surface area contributed by atoms with Crippen molar-refractivity contribution in [3.05, 3.63) is 0 Å². The summed E-state index contributed by atoms with van der Waals surface area (Å²) >= 11 is 5.54. The molecule has 0 aromatic rings. The van der Waals surface area contributed by atoms with E-state index >= 15 is 0 Å². The van der Waals surface area contributed by atoms with E-state index in [2.05, 4.69) is 4.74 Å². The summed E-state index contributed by atoms with van der Waals surface area (Å²) in [4.78, 5) is 10.6. The van der Waals surface area contributed by atoms with Gasteiger partial charge >= 0.3 is 6.09 Å².